The van der Waals surface area contributed by atoms with Crippen molar-refractivity contribution < 1.29 is 4.42 Å². The molecule has 2 aromatic heterocycles. The lowest BCUT2D eigenvalue weighted by Crippen LogP contribution is -2.00. The molecule has 0 aliphatic rings. The first-order chi connectivity index (χ1) is 22.3. The maximum absolute atomic E-state index is 6.23. The lowest BCUT2D eigenvalue weighted by Gasteiger charge is -2.12. The van der Waals surface area contributed by atoms with E-state index < -0.39 is 0 Å². The average Bonchev–Trinajstić information content (AvgIpc) is 3.49. The van der Waals surface area contributed by atoms with Crippen LogP contribution < -0.4 is 0 Å². The summed E-state index contributed by atoms with van der Waals surface area (Å²) in [5, 5.41) is 6.79. The van der Waals surface area contributed by atoms with Crippen molar-refractivity contribution in [2.45, 2.75) is 0 Å². The van der Waals surface area contributed by atoms with Crippen molar-refractivity contribution in [3.63, 3.8) is 0 Å². The second kappa shape index (κ2) is 10.2. The molecule has 2 heterocycles. The number of fused-ring (bicyclic) bond motifs is 5. The second-order valence-corrected chi connectivity index (χ2v) is 11.3. The summed E-state index contributed by atoms with van der Waals surface area (Å²) in [7, 11) is 0. The molecule has 0 unspecified atom stereocenters. The van der Waals surface area contributed by atoms with Crippen molar-refractivity contribution in [3.05, 3.63) is 152 Å². The van der Waals surface area contributed by atoms with E-state index in [9.17, 15) is 0 Å². The number of hydrogen-bond donors (Lipinski definition) is 0. The molecular formula is C41H25N3O. The van der Waals surface area contributed by atoms with Crippen molar-refractivity contribution >= 4 is 43.5 Å². The summed E-state index contributed by atoms with van der Waals surface area (Å²) in [6.45, 7) is 0. The molecule has 0 N–H and O–H groups in total. The van der Waals surface area contributed by atoms with Gasteiger partial charge in [-0.15, -0.1) is 0 Å². The number of nitrogens with zero attached hydrogens (tertiary/aromatic N) is 3. The standard InChI is InChI=1S/C41H25N3O/c1-2-11-27(12-3-1)36-24-32(23-29-14-6-7-15-33(29)36)41-43-39(30-19-18-26-10-4-5-13-28(26)22-30)42-40(44-41)31-20-21-35-34-16-8-9-17-37(34)45-38(35)25-31/h1-25H. The first kappa shape index (κ1) is 25.4. The van der Waals surface area contributed by atoms with Crippen LogP contribution in [0, 0.1) is 0 Å². The Bertz CT molecular complexity index is 2550. The van der Waals surface area contributed by atoms with Gasteiger partial charge in [0.25, 0.3) is 0 Å². The summed E-state index contributed by atoms with van der Waals surface area (Å²) < 4.78 is 6.23. The highest BCUT2D eigenvalue weighted by Gasteiger charge is 2.16. The van der Waals surface area contributed by atoms with Crippen LogP contribution in [0.5, 0.6) is 0 Å². The lowest BCUT2D eigenvalue weighted by molar-refractivity contribution is 0.669. The molecule has 7 aromatic carbocycles. The highest BCUT2D eigenvalue weighted by Crippen LogP contribution is 2.36. The second-order valence-electron chi connectivity index (χ2n) is 11.3. The van der Waals surface area contributed by atoms with Crippen LogP contribution >= 0.6 is 0 Å². The third-order valence-corrected chi connectivity index (χ3v) is 8.48. The first-order valence-corrected chi connectivity index (χ1v) is 15.0. The van der Waals surface area contributed by atoms with Crippen molar-refractivity contribution in [1.82, 2.24) is 15.0 Å². The summed E-state index contributed by atoms with van der Waals surface area (Å²) in [6, 6.07) is 52.3. The Morgan fingerprint density at radius 2 is 0.911 bits per heavy atom. The van der Waals surface area contributed by atoms with Crippen LogP contribution in [0.4, 0.5) is 0 Å². The predicted molar refractivity (Wildman–Crippen MR) is 184 cm³/mol. The van der Waals surface area contributed by atoms with E-state index in [1.165, 1.54) is 10.8 Å². The van der Waals surface area contributed by atoms with E-state index in [2.05, 4.69) is 121 Å². The molecule has 0 fully saturated rings. The van der Waals surface area contributed by atoms with Crippen LogP contribution in [0.25, 0.3) is 88.8 Å². The van der Waals surface area contributed by atoms with Crippen LogP contribution in [0.1, 0.15) is 0 Å². The van der Waals surface area contributed by atoms with E-state index in [0.29, 0.717) is 17.5 Å². The molecule has 45 heavy (non-hydrogen) atoms. The van der Waals surface area contributed by atoms with Crippen molar-refractivity contribution in [2.24, 2.45) is 0 Å². The molecule has 0 amide bonds. The molecule has 0 aliphatic heterocycles. The molecule has 0 saturated carbocycles. The minimum absolute atomic E-state index is 0.597. The Hall–Kier alpha value is -6.13. The third kappa shape index (κ3) is 4.43. The van der Waals surface area contributed by atoms with Gasteiger partial charge >= 0.3 is 0 Å². The number of rotatable bonds is 4. The van der Waals surface area contributed by atoms with E-state index in [1.807, 2.05) is 30.3 Å². The van der Waals surface area contributed by atoms with Crippen LogP contribution in [-0.2, 0) is 0 Å². The highest BCUT2D eigenvalue weighted by molar-refractivity contribution is 6.06. The topological polar surface area (TPSA) is 51.8 Å². The van der Waals surface area contributed by atoms with Crippen molar-refractivity contribution in [2.75, 3.05) is 0 Å². The van der Waals surface area contributed by atoms with Crippen molar-refractivity contribution in [1.29, 1.82) is 0 Å². The van der Waals surface area contributed by atoms with Crippen molar-refractivity contribution in [3.8, 4) is 45.3 Å². The zero-order valence-corrected chi connectivity index (χ0v) is 24.2. The Labute approximate surface area is 259 Å². The van der Waals surface area contributed by atoms with Gasteiger partial charge in [0, 0.05) is 27.5 Å². The molecule has 0 atom stereocenters. The third-order valence-electron chi connectivity index (χ3n) is 8.48. The zero-order chi connectivity index (χ0) is 29.7. The lowest BCUT2D eigenvalue weighted by atomic mass is 9.95. The number of hydrogen-bond acceptors (Lipinski definition) is 4. The normalized spacial score (nSPS) is 11.6. The van der Waals surface area contributed by atoms with Gasteiger partial charge in [0.2, 0.25) is 0 Å². The van der Waals surface area contributed by atoms with Gasteiger partial charge in [-0.05, 0) is 69.1 Å². The number of aromatic nitrogens is 3. The molecule has 0 aliphatic carbocycles. The quantitative estimate of drug-likeness (QED) is 0.209. The Kier molecular flexibility index (Phi) is 5.78. The molecule has 0 saturated heterocycles. The average molecular weight is 576 g/mol. The summed E-state index contributed by atoms with van der Waals surface area (Å²) in [5.41, 5.74) is 6.70. The van der Waals surface area contributed by atoms with Gasteiger partial charge in [-0.2, -0.15) is 0 Å². The Morgan fingerprint density at radius 3 is 1.73 bits per heavy atom. The fraction of sp³-hybridized carbons (Fsp3) is 0. The molecule has 0 bridgehead atoms. The molecule has 9 aromatic rings. The van der Waals surface area contributed by atoms with Gasteiger partial charge in [-0.3, -0.25) is 0 Å². The predicted octanol–water partition coefficient (Wildman–Crippen LogP) is 10.7. The van der Waals surface area contributed by atoms with Gasteiger partial charge in [-0.25, -0.2) is 15.0 Å². The molecule has 210 valence electrons. The van der Waals surface area contributed by atoms with E-state index in [1.54, 1.807) is 0 Å². The highest BCUT2D eigenvalue weighted by atomic mass is 16.3. The molecule has 0 radical (unpaired) electrons. The van der Waals surface area contributed by atoms with Crippen LogP contribution in [0.3, 0.4) is 0 Å². The molecule has 0 spiro atoms. The molecule has 4 nitrogen and oxygen atoms in total. The summed E-state index contributed by atoms with van der Waals surface area (Å²) in [4.78, 5) is 15.2. The number of benzene rings is 7. The molecule has 4 heteroatoms. The van der Waals surface area contributed by atoms with Gasteiger partial charge in [-0.1, -0.05) is 115 Å². The minimum atomic E-state index is 0.597. The number of furan rings is 1. The monoisotopic (exact) mass is 575 g/mol. The smallest absolute Gasteiger partial charge is 0.164 e. The zero-order valence-electron chi connectivity index (χ0n) is 24.2. The van der Waals surface area contributed by atoms with E-state index in [4.69, 9.17) is 19.4 Å². The van der Waals surface area contributed by atoms with Gasteiger partial charge < -0.3 is 4.42 Å². The largest absolute Gasteiger partial charge is 0.456 e. The summed E-state index contributed by atoms with van der Waals surface area (Å²) in [6.07, 6.45) is 0. The first-order valence-electron chi connectivity index (χ1n) is 15.0. The fourth-order valence-corrected chi connectivity index (χ4v) is 6.25. The molecule has 9 rings (SSSR count). The maximum Gasteiger partial charge on any atom is 0.164 e. The Balaban J connectivity index is 1.28. The van der Waals surface area contributed by atoms with E-state index >= 15 is 0 Å². The molecular weight excluding hydrogens is 550 g/mol. The van der Waals surface area contributed by atoms with Crippen LogP contribution in [0.15, 0.2) is 156 Å². The summed E-state index contributed by atoms with van der Waals surface area (Å²) >= 11 is 0. The van der Waals surface area contributed by atoms with Gasteiger partial charge in [0.05, 0.1) is 0 Å². The van der Waals surface area contributed by atoms with Gasteiger partial charge in [0.15, 0.2) is 17.5 Å². The SMILES string of the molecule is c1ccc(-c2cc(-c3nc(-c4ccc5ccccc5c4)nc(-c4ccc5c(c4)oc4ccccc45)n3)cc3ccccc23)cc1. The maximum atomic E-state index is 6.23. The minimum Gasteiger partial charge on any atom is -0.456 e. The van der Waals surface area contributed by atoms with Crippen LogP contribution in [0.2, 0.25) is 0 Å². The Morgan fingerprint density at radius 1 is 0.333 bits per heavy atom. The summed E-state index contributed by atoms with van der Waals surface area (Å²) in [5.74, 6) is 1.84. The van der Waals surface area contributed by atoms with E-state index in [-0.39, 0.29) is 0 Å². The van der Waals surface area contributed by atoms with Gasteiger partial charge in [0.1, 0.15) is 11.2 Å². The number of para-hydroxylation sites is 1. The van der Waals surface area contributed by atoms with Crippen LogP contribution in [-0.4, -0.2) is 15.0 Å². The van der Waals surface area contributed by atoms with E-state index in [0.717, 1.165) is 60.5 Å². The fourth-order valence-electron chi connectivity index (χ4n) is 6.25.